The van der Waals surface area contributed by atoms with E-state index in [9.17, 15) is 0 Å². The summed E-state index contributed by atoms with van der Waals surface area (Å²) in [6, 6.07) is 22.1. The smallest absolute Gasteiger partial charge is 0.00564 e. The van der Waals surface area contributed by atoms with Crippen LogP contribution in [0.4, 0.5) is 0 Å². The maximum absolute atomic E-state index is 2.36. The van der Waals surface area contributed by atoms with Crippen molar-refractivity contribution in [1.82, 2.24) is 0 Å². The normalized spacial score (nSPS) is 15.4. The lowest BCUT2D eigenvalue weighted by Gasteiger charge is -2.23. The van der Waals surface area contributed by atoms with Crippen LogP contribution in [0.15, 0.2) is 83.7 Å². The molecular weight excluding hydrogens is 315 g/mol. The average molecular weight is 338 g/mol. The van der Waals surface area contributed by atoms with E-state index in [0.29, 0.717) is 5.25 Å². The molecule has 118 valence electrons. The predicted octanol–water partition coefficient (Wildman–Crippen LogP) is 5.47. The minimum absolute atomic E-state index is 0.419. The molecule has 0 radical (unpaired) electrons. The van der Waals surface area contributed by atoms with Gasteiger partial charge in [-0.2, -0.15) is 11.8 Å². The summed E-state index contributed by atoms with van der Waals surface area (Å²) >= 11 is 1.96. The van der Waals surface area contributed by atoms with Gasteiger partial charge in [0, 0.05) is 5.25 Å². The first-order valence-electron chi connectivity index (χ1n) is 8.11. The number of thioether (sulfide) groups is 1. The van der Waals surface area contributed by atoms with Crippen molar-refractivity contribution in [3.05, 3.63) is 83.7 Å². The molecule has 1 aliphatic carbocycles. The second-order valence-corrected chi connectivity index (χ2v) is 9.35. The number of hydrogen-bond donors (Lipinski definition) is 0. The van der Waals surface area contributed by atoms with Crippen LogP contribution >= 0.6 is 19.7 Å². The zero-order valence-corrected chi connectivity index (χ0v) is 15.5. The highest BCUT2D eigenvalue weighted by Crippen LogP contribution is 2.49. The fraction of sp³-hybridized carbons (Fsp3) is 0.238. The summed E-state index contributed by atoms with van der Waals surface area (Å²) in [5.41, 5.74) is 1.56. The summed E-state index contributed by atoms with van der Waals surface area (Å²) in [5.74, 6) is 0. The number of allylic oxidation sites excluding steroid dienone is 4. The molecule has 0 aromatic heterocycles. The van der Waals surface area contributed by atoms with E-state index in [-0.39, 0.29) is 0 Å². The second kappa shape index (κ2) is 7.99. The molecule has 2 aromatic carbocycles. The van der Waals surface area contributed by atoms with E-state index >= 15 is 0 Å². The summed E-state index contributed by atoms with van der Waals surface area (Å²) in [6.45, 7) is 2.33. The Kier molecular flexibility index (Phi) is 5.75. The van der Waals surface area contributed by atoms with Crippen LogP contribution in [0.5, 0.6) is 0 Å². The lowest BCUT2D eigenvalue weighted by molar-refractivity contribution is 0.949. The molecule has 1 atom stereocenters. The first-order chi connectivity index (χ1) is 11.3. The third-order valence-electron chi connectivity index (χ3n) is 4.21. The van der Waals surface area contributed by atoms with Crippen LogP contribution in [0, 0.1) is 0 Å². The summed E-state index contributed by atoms with van der Waals surface area (Å²) in [7, 11) is -0.419. The molecule has 0 saturated carbocycles. The monoisotopic (exact) mass is 338 g/mol. The fourth-order valence-corrected chi connectivity index (χ4v) is 5.92. The Balaban J connectivity index is 2.04. The molecule has 0 amide bonds. The zero-order valence-electron chi connectivity index (χ0n) is 13.8. The van der Waals surface area contributed by atoms with E-state index in [4.69, 9.17) is 0 Å². The summed E-state index contributed by atoms with van der Waals surface area (Å²) in [5, 5.41) is 5.23. The SMILES string of the molecule is CSC(C)CC1=C(P(c2ccccc2)c2ccccc2)CC=C1. The van der Waals surface area contributed by atoms with Gasteiger partial charge >= 0.3 is 0 Å². The van der Waals surface area contributed by atoms with Crippen molar-refractivity contribution in [2.24, 2.45) is 0 Å². The van der Waals surface area contributed by atoms with E-state index in [2.05, 4.69) is 86.0 Å². The topological polar surface area (TPSA) is 0 Å². The van der Waals surface area contributed by atoms with Gasteiger partial charge in [-0.25, -0.2) is 0 Å². The fourth-order valence-electron chi connectivity index (χ4n) is 2.97. The van der Waals surface area contributed by atoms with Crippen molar-refractivity contribution in [2.75, 3.05) is 6.26 Å². The molecule has 0 bridgehead atoms. The Morgan fingerprint density at radius 2 is 1.52 bits per heavy atom. The maximum Gasteiger partial charge on any atom is 0.00564 e. The molecule has 0 heterocycles. The van der Waals surface area contributed by atoms with Crippen molar-refractivity contribution < 1.29 is 0 Å². The predicted molar refractivity (Wildman–Crippen MR) is 107 cm³/mol. The molecule has 0 aliphatic heterocycles. The van der Waals surface area contributed by atoms with Gasteiger partial charge < -0.3 is 0 Å². The number of hydrogen-bond acceptors (Lipinski definition) is 1. The van der Waals surface area contributed by atoms with Gasteiger partial charge in [0.25, 0.3) is 0 Å². The van der Waals surface area contributed by atoms with Gasteiger partial charge in [-0.3, -0.25) is 0 Å². The molecule has 2 aromatic rings. The third-order valence-corrected chi connectivity index (χ3v) is 7.82. The summed E-state index contributed by atoms with van der Waals surface area (Å²) < 4.78 is 0. The lowest BCUT2D eigenvalue weighted by Crippen LogP contribution is -2.13. The van der Waals surface area contributed by atoms with E-state index in [1.807, 2.05) is 11.8 Å². The highest BCUT2D eigenvalue weighted by molar-refractivity contribution is 7.99. The van der Waals surface area contributed by atoms with Crippen LogP contribution in [0.25, 0.3) is 0 Å². The second-order valence-electron chi connectivity index (χ2n) is 5.84. The Bertz CT molecular complexity index is 649. The minimum atomic E-state index is -0.419. The average Bonchev–Trinajstić information content (AvgIpc) is 3.05. The van der Waals surface area contributed by atoms with Crippen molar-refractivity contribution in [3.63, 3.8) is 0 Å². The molecule has 0 nitrogen and oxygen atoms in total. The van der Waals surface area contributed by atoms with E-state index in [1.54, 1.807) is 10.9 Å². The molecular formula is C21H23PS. The molecule has 0 spiro atoms. The number of rotatable bonds is 6. The van der Waals surface area contributed by atoms with Crippen LogP contribution in [0.1, 0.15) is 19.8 Å². The van der Waals surface area contributed by atoms with Crippen molar-refractivity contribution in [1.29, 1.82) is 0 Å². The first-order valence-corrected chi connectivity index (χ1v) is 10.7. The Labute approximate surface area is 145 Å². The highest BCUT2D eigenvalue weighted by Gasteiger charge is 2.23. The van der Waals surface area contributed by atoms with Gasteiger partial charge in [0.05, 0.1) is 0 Å². The highest BCUT2D eigenvalue weighted by atomic mass is 32.2. The largest absolute Gasteiger partial charge is 0.162 e. The van der Waals surface area contributed by atoms with Gasteiger partial charge in [0.1, 0.15) is 0 Å². The standard InChI is InChI=1S/C21H23PS/c1-17(23-2)16-18-10-9-15-21(18)22(19-11-5-3-6-12-19)20-13-7-4-8-14-20/h3-14,17H,15-16H2,1-2H3. The first kappa shape index (κ1) is 16.6. The Hall–Kier alpha value is -1.30. The molecule has 0 saturated heterocycles. The molecule has 2 heteroatoms. The van der Waals surface area contributed by atoms with Crippen molar-refractivity contribution >= 4 is 30.3 Å². The third kappa shape index (κ3) is 3.97. The molecule has 23 heavy (non-hydrogen) atoms. The van der Waals surface area contributed by atoms with E-state index in [1.165, 1.54) is 17.0 Å². The van der Waals surface area contributed by atoms with Crippen LogP contribution in [-0.2, 0) is 0 Å². The minimum Gasteiger partial charge on any atom is -0.162 e. The quantitative estimate of drug-likeness (QED) is 0.629. The molecule has 0 fully saturated rings. The van der Waals surface area contributed by atoms with Crippen LogP contribution in [0.2, 0.25) is 0 Å². The van der Waals surface area contributed by atoms with E-state index < -0.39 is 7.92 Å². The summed E-state index contributed by atoms with van der Waals surface area (Å²) in [4.78, 5) is 0. The van der Waals surface area contributed by atoms with Crippen molar-refractivity contribution in [3.8, 4) is 0 Å². The van der Waals surface area contributed by atoms with Gasteiger partial charge in [0.2, 0.25) is 0 Å². The van der Waals surface area contributed by atoms with Gasteiger partial charge in [-0.1, -0.05) is 79.7 Å². The van der Waals surface area contributed by atoms with Crippen molar-refractivity contribution in [2.45, 2.75) is 25.0 Å². The van der Waals surface area contributed by atoms with Crippen LogP contribution in [-0.4, -0.2) is 11.5 Å². The van der Waals surface area contributed by atoms with Crippen LogP contribution in [0.3, 0.4) is 0 Å². The van der Waals surface area contributed by atoms with Gasteiger partial charge in [0.15, 0.2) is 0 Å². The molecule has 3 rings (SSSR count). The lowest BCUT2D eigenvalue weighted by atomic mass is 10.1. The zero-order chi connectivity index (χ0) is 16.1. The maximum atomic E-state index is 2.36. The van der Waals surface area contributed by atoms with E-state index in [0.717, 1.165) is 6.42 Å². The van der Waals surface area contributed by atoms with Crippen LogP contribution < -0.4 is 10.6 Å². The van der Waals surface area contributed by atoms with Gasteiger partial charge in [-0.05, 0) is 48.5 Å². The summed E-state index contributed by atoms with van der Waals surface area (Å²) in [6.07, 6.45) is 9.19. The number of benzene rings is 2. The Morgan fingerprint density at radius 1 is 0.957 bits per heavy atom. The molecule has 1 aliphatic rings. The molecule has 1 unspecified atom stereocenters. The van der Waals surface area contributed by atoms with Gasteiger partial charge in [-0.15, -0.1) is 0 Å². The Morgan fingerprint density at radius 3 is 2.04 bits per heavy atom. The molecule has 0 N–H and O–H groups in total.